The minimum atomic E-state index is -4.97. The number of aromatic nitrogens is 2. The molecule has 3 N–H and O–H groups in total. The molecule has 5 unspecified atom stereocenters. The second kappa shape index (κ2) is 14.9. The molecule has 4 amide bonds. The summed E-state index contributed by atoms with van der Waals surface area (Å²) in [7, 11) is -2.79. The molecule has 5 heterocycles. The molecule has 4 fully saturated rings. The zero-order valence-electron chi connectivity index (χ0n) is 34.6. The van der Waals surface area contributed by atoms with E-state index in [0.29, 0.717) is 51.4 Å². The Morgan fingerprint density at radius 1 is 1.08 bits per heavy atom. The summed E-state index contributed by atoms with van der Waals surface area (Å²) in [5, 5.41) is 5.49. The molecular weight excluding hydrogens is 822 g/mol. The summed E-state index contributed by atoms with van der Waals surface area (Å²) in [6.45, 7) is 9.05. The number of allylic oxidation sites excluding steroid dienone is 1. The number of carbonyl (C=O) groups excluding carboxylic acids is 4. The highest BCUT2D eigenvalue weighted by Crippen LogP contribution is 2.53. The number of sulfonamides is 1. The summed E-state index contributed by atoms with van der Waals surface area (Å²) < 4.78 is 89.5. The lowest BCUT2D eigenvalue weighted by atomic mass is 9.87. The number of aryl methyl sites for hydroxylation is 1. The summed E-state index contributed by atoms with van der Waals surface area (Å²) in [6.07, 6.45) is 2.01. The first-order valence-corrected chi connectivity index (χ1v) is 22.4. The van der Waals surface area contributed by atoms with Crippen LogP contribution in [-0.4, -0.2) is 94.3 Å². The first-order valence-electron chi connectivity index (χ1n) is 20.9. The molecule has 0 radical (unpaired) electrons. The lowest BCUT2D eigenvalue weighted by Crippen LogP contribution is -2.59. The van der Waals surface area contributed by atoms with E-state index in [1.165, 1.54) is 31.1 Å². The predicted octanol–water partition coefficient (Wildman–Crippen LogP) is 5.17. The highest BCUT2D eigenvalue weighted by atomic mass is 32.2. The number of alkyl halides is 3. The maximum Gasteiger partial charge on any atom is 0.437 e. The molecule has 2 aromatic rings. The van der Waals surface area contributed by atoms with Crippen molar-refractivity contribution >= 4 is 44.9 Å². The molecule has 1 saturated heterocycles. The molecule has 61 heavy (non-hydrogen) atoms. The largest absolute Gasteiger partial charge is 0.483 e. The van der Waals surface area contributed by atoms with Crippen LogP contribution in [0.4, 0.5) is 18.0 Å². The van der Waals surface area contributed by atoms with Crippen molar-refractivity contribution in [2.75, 3.05) is 13.7 Å². The van der Waals surface area contributed by atoms with Crippen LogP contribution in [0.2, 0.25) is 0 Å². The second-order valence-electron chi connectivity index (χ2n) is 18.0. The first-order chi connectivity index (χ1) is 28.7. The van der Waals surface area contributed by atoms with E-state index in [2.05, 4.69) is 31.9 Å². The van der Waals surface area contributed by atoms with Crippen LogP contribution in [0.5, 0.6) is 11.6 Å². The van der Waals surface area contributed by atoms with Crippen molar-refractivity contribution in [2.45, 2.75) is 138 Å². The molecule has 19 heteroatoms. The third-order valence-corrected chi connectivity index (χ3v) is 15.8. The summed E-state index contributed by atoms with van der Waals surface area (Å²) >= 11 is 0. The lowest BCUT2D eigenvalue weighted by Gasteiger charge is -2.37. The van der Waals surface area contributed by atoms with Crippen molar-refractivity contribution in [1.29, 1.82) is 0 Å². The Balaban J connectivity index is 1.17. The van der Waals surface area contributed by atoms with Crippen molar-refractivity contribution < 1.29 is 55.0 Å². The van der Waals surface area contributed by atoms with E-state index in [0.717, 1.165) is 0 Å². The average molecular weight is 873 g/mol. The topological polar surface area (TPSA) is 195 Å². The van der Waals surface area contributed by atoms with Crippen LogP contribution in [0.1, 0.15) is 103 Å². The number of amides is 4. The summed E-state index contributed by atoms with van der Waals surface area (Å²) in [5.74, 6) is -3.80. The maximum atomic E-state index is 14.9. The van der Waals surface area contributed by atoms with Gasteiger partial charge in [0.1, 0.15) is 23.3 Å². The van der Waals surface area contributed by atoms with Gasteiger partial charge < -0.3 is 29.7 Å². The Bertz CT molecular complexity index is 2350. The maximum absolute atomic E-state index is 14.9. The van der Waals surface area contributed by atoms with Gasteiger partial charge >= 0.3 is 12.3 Å². The number of alkyl carbamates (subject to hydrolysis) is 1. The van der Waals surface area contributed by atoms with E-state index in [1.54, 1.807) is 6.08 Å². The molecule has 8 rings (SSSR count). The number of rotatable bonds is 7. The van der Waals surface area contributed by atoms with Gasteiger partial charge in [-0.3, -0.25) is 19.1 Å². The number of pyridine rings is 2. The van der Waals surface area contributed by atoms with Gasteiger partial charge in [-0.25, -0.2) is 23.2 Å². The molecule has 1 spiro atoms. The number of nitrogens with one attached hydrogen (secondary N) is 3. The van der Waals surface area contributed by atoms with Gasteiger partial charge in [-0.05, 0) is 82.3 Å². The Morgan fingerprint density at radius 3 is 2.48 bits per heavy atom. The average Bonchev–Trinajstić information content (AvgIpc) is 4.16. The molecule has 0 bridgehead atoms. The van der Waals surface area contributed by atoms with Crippen molar-refractivity contribution in [2.24, 2.45) is 11.8 Å². The van der Waals surface area contributed by atoms with Crippen LogP contribution in [0, 0.1) is 11.8 Å². The van der Waals surface area contributed by atoms with Gasteiger partial charge in [0.2, 0.25) is 27.7 Å². The van der Waals surface area contributed by atoms with Gasteiger partial charge in [0.05, 0.1) is 29.4 Å². The van der Waals surface area contributed by atoms with Crippen LogP contribution < -0.4 is 24.8 Å². The highest BCUT2D eigenvalue weighted by Gasteiger charge is 2.67. The minimum absolute atomic E-state index is 0.00803. The van der Waals surface area contributed by atoms with E-state index >= 15 is 0 Å². The van der Waals surface area contributed by atoms with Gasteiger partial charge in [0.15, 0.2) is 17.0 Å². The molecule has 330 valence electrons. The normalized spacial score (nSPS) is 29.3. The third-order valence-electron chi connectivity index (χ3n) is 13.6. The fraction of sp³-hybridized carbons (Fsp3) is 0.619. The second-order valence-corrected chi connectivity index (χ2v) is 20.2. The number of hydrogen-bond donors (Lipinski definition) is 3. The molecule has 2 aromatic heterocycles. The highest BCUT2D eigenvalue weighted by molar-refractivity contribution is 7.91. The van der Waals surface area contributed by atoms with E-state index in [1.807, 2.05) is 19.9 Å². The van der Waals surface area contributed by atoms with Crippen LogP contribution in [0.25, 0.3) is 11.0 Å². The fourth-order valence-corrected chi connectivity index (χ4v) is 10.4. The standard InChI is InChI=1S/C42H51F3N6O9S/c1-23(2)40(19-20-40)60-37(55)47-28-12-10-8-6-7-9-11-26-24(3)41(26,36(54)50-61(56,57)38(4)17-18-38)49-34(52)29-21-39(22-51(29)35(28)53)16-15-25-31-27(13-14-30(48-31)58-5)46-33(32(25)59-39)42(43,44)45/h9,11,13-14,23,26,28-29H,3,6-8,10,12,15-22H2,1-2,4-5H3,(H,47,55)(H,49,52)(H,50,54). The van der Waals surface area contributed by atoms with Gasteiger partial charge in [-0.15, -0.1) is 0 Å². The molecule has 3 saturated carbocycles. The van der Waals surface area contributed by atoms with Gasteiger partial charge in [0.25, 0.3) is 5.91 Å². The molecule has 3 aliphatic carbocycles. The molecule has 5 atom stereocenters. The van der Waals surface area contributed by atoms with E-state index < -0.39 is 90.9 Å². The van der Waals surface area contributed by atoms with Crippen LogP contribution in [0.15, 0.2) is 36.4 Å². The number of nitrogens with zero attached hydrogens (tertiary/aromatic N) is 3. The Hall–Kier alpha value is -4.94. The monoisotopic (exact) mass is 872 g/mol. The molecule has 15 nitrogen and oxygen atoms in total. The Labute approximate surface area is 351 Å². The van der Waals surface area contributed by atoms with Crippen molar-refractivity contribution in [1.82, 2.24) is 30.2 Å². The van der Waals surface area contributed by atoms with Crippen molar-refractivity contribution in [3.63, 3.8) is 0 Å². The number of halogens is 3. The van der Waals surface area contributed by atoms with Gasteiger partial charge in [-0.2, -0.15) is 13.2 Å². The van der Waals surface area contributed by atoms with E-state index in [4.69, 9.17) is 14.2 Å². The summed E-state index contributed by atoms with van der Waals surface area (Å²) in [4.78, 5) is 66.8. The Kier molecular flexibility index (Phi) is 10.4. The number of ether oxygens (including phenoxy) is 3. The van der Waals surface area contributed by atoms with E-state index in [-0.39, 0.29) is 66.2 Å². The molecule has 0 aromatic carbocycles. The number of methoxy groups -OCH3 is 1. The smallest absolute Gasteiger partial charge is 0.437 e. The SMILES string of the molecule is C=C1C2C=CCCCCCC(NC(=O)OC3(C(C)C)CC3)C(=O)N3CC4(CCc5c(c(C(F)(F)F)nc6ccc(OC)nc56)O4)CC3C(=O)NC12C(=O)NS(=O)(=O)C1(C)CC1. The lowest BCUT2D eigenvalue weighted by molar-refractivity contribution is -0.144. The predicted molar refractivity (Wildman–Crippen MR) is 214 cm³/mol. The zero-order valence-corrected chi connectivity index (χ0v) is 35.4. The van der Waals surface area contributed by atoms with Gasteiger partial charge in [-0.1, -0.05) is 45.4 Å². The van der Waals surface area contributed by atoms with E-state index in [9.17, 15) is 40.8 Å². The summed E-state index contributed by atoms with van der Waals surface area (Å²) in [6, 6.07) is 0.121. The number of hydrogen-bond acceptors (Lipinski definition) is 11. The minimum Gasteiger partial charge on any atom is -0.483 e. The third kappa shape index (κ3) is 7.57. The quantitative estimate of drug-likeness (QED) is 0.311. The zero-order chi connectivity index (χ0) is 43.9. The first kappa shape index (κ1) is 42.7. The Morgan fingerprint density at radius 2 is 1.82 bits per heavy atom. The van der Waals surface area contributed by atoms with Crippen molar-refractivity contribution in [3.05, 3.63) is 47.7 Å². The van der Waals surface area contributed by atoms with Crippen molar-refractivity contribution in [3.8, 4) is 11.6 Å². The fourth-order valence-electron chi connectivity index (χ4n) is 9.08. The number of fused-ring (bicyclic) bond motifs is 5. The van der Waals surface area contributed by atoms with Gasteiger partial charge in [0, 0.05) is 24.0 Å². The molecule has 3 aliphatic heterocycles. The summed E-state index contributed by atoms with van der Waals surface area (Å²) in [5.41, 5.74) is -4.98. The van der Waals surface area contributed by atoms with Crippen LogP contribution in [0.3, 0.4) is 0 Å². The van der Waals surface area contributed by atoms with Crippen LogP contribution in [-0.2, 0) is 41.7 Å². The molecular formula is C42H51F3N6O9S. The number of carbonyl (C=O) groups is 4. The molecule has 6 aliphatic rings. The van der Waals surface area contributed by atoms with Crippen LogP contribution >= 0.6 is 0 Å².